The Bertz CT molecular complexity index is 597. The molecule has 0 aliphatic rings. The van der Waals surface area contributed by atoms with Crippen molar-refractivity contribution in [3.63, 3.8) is 0 Å². The molecule has 0 radical (unpaired) electrons. The highest BCUT2D eigenvalue weighted by atomic mass is 14.8. The van der Waals surface area contributed by atoms with E-state index in [0.29, 0.717) is 6.54 Å². The van der Waals surface area contributed by atoms with Crippen LogP contribution in [0.1, 0.15) is 16.7 Å². The molecule has 118 valence electrons. The number of nitrogens with two attached hydrogens (primary N) is 1. The predicted molar refractivity (Wildman–Crippen MR) is 97.8 cm³/mol. The van der Waals surface area contributed by atoms with Crippen LogP contribution in [0.3, 0.4) is 0 Å². The highest BCUT2D eigenvalue weighted by molar-refractivity contribution is 5.16. The van der Waals surface area contributed by atoms with Gasteiger partial charge in [0, 0.05) is 19.6 Å². The van der Waals surface area contributed by atoms with Crippen LogP contribution in [-0.2, 0) is 19.6 Å². The summed E-state index contributed by atoms with van der Waals surface area (Å²) in [6.45, 7) is 2.49. The summed E-state index contributed by atoms with van der Waals surface area (Å²) in [6, 6.07) is 30.9. The standard InChI is InChI=1S/C14H15N.C7H9N/c1-3-7-13(8-4-1)11-15-12-14-9-5-2-6-10-14;8-6-7-4-2-1-3-5-7/h1-10,15H,11-12H2;1-5H,6,8H2. The van der Waals surface area contributed by atoms with Crippen LogP contribution in [0.15, 0.2) is 91.0 Å². The lowest BCUT2D eigenvalue weighted by Crippen LogP contribution is -2.12. The third-order valence-electron chi connectivity index (χ3n) is 3.42. The van der Waals surface area contributed by atoms with Crippen LogP contribution in [-0.4, -0.2) is 0 Å². The molecule has 2 heteroatoms. The average molecular weight is 304 g/mol. The summed E-state index contributed by atoms with van der Waals surface area (Å²) in [5.74, 6) is 0. The minimum Gasteiger partial charge on any atom is -0.326 e. The van der Waals surface area contributed by atoms with Crippen LogP contribution in [0.5, 0.6) is 0 Å². The molecule has 0 aromatic heterocycles. The van der Waals surface area contributed by atoms with E-state index in [1.54, 1.807) is 0 Å². The van der Waals surface area contributed by atoms with Crippen LogP contribution < -0.4 is 11.1 Å². The summed E-state index contributed by atoms with van der Waals surface area (Å²) in [7, 11) is 0. The smallest absolute Gasteiger partial charge is 0.0208 e. The normalized spacial score (nSPS) is 9.78. The summed E-state index contributed by atoms with van der Waals surface area (Å²) in [6.07, 6.45) is 0. The van der Waals surface area contributed by atoms with Crippen molar-refractivity contribution in [2.24, 2.45) is 5.73 Å². The number of nitrogens with one attached hydrogen (secondary N) is 1. The second-order valence-corrected chi connectivity index (χ2v) is 5.26. The molecule has 0 aliphatic heterocycles. The SMILES string of the molecule is NCc1ccccc1.c1ccc(CNCc2ccccc2)cc1. The third kappa shape index (κ3) is 6.92. The van der Waals surface area contributed by atoms with Crippen molar-refractivity contribution in [2.45, 2.75) is 19.6 Å². The molecule has 3 rings (SSSR count). The largest absolute Gasteiger partial charge is 0.326 e. The molecule has 2 nitrogen and oxygen atoms in total. The zero-order chi connectivity index (χ0) is 16.2. The second kappa shape index (κ2) is 10.3. The van der Waals surface area contributed by atoms with Gasteiger partial charge in [-0.1, -0.05) is 91.0 Å². The van der Waals surface area contributed by atoms with E-state index in [0.717, 1.165) is 13.1 Å². The molecule has 0 spiro atoms. The molecule has 0 aliphatic carbocycles. The van der Waals surface area contributed by atoms with Crippen LogP contribution in [0.4, 0.5) is 0 Å². The van der Waals surface area contributed by atoms with Crippen molar-refractivity contribution in [3.05, 3.63) is 108 Å². The molecule has 0 bridgehead atoms. The summed E-state index contributed by atoms with van der Waals surface area (Å²) in [4.78, 5) is 0. The van der Waals surface area contributed by atoms with Gasteiger partial charge >= 0.3 is 0 Å². The Labute approximate surface area is 139 Å². The molecule has 0 atom stereocenters. The molecule has 0 saturated heterocycles. The Morgan fingerprint density at radius 1 is 0.522 bits per heavy atom. The summed E-state index contributed by atoms with van der Waals surface area (Å²) in [5.41, 5.74) is 9.19. The molecule has 3 aromatic rings. The van der Waals surface area contributed by atoms with Gasteiger partial charge in [0.1, 0.15) is 0 Å². The second-order valence-electron chi connectivity index (χ2n) is 5.26. The fourth-order valence-electron chi connectivity index (χ4n) is 2.16. The highest BCUT2D eigenvalue weighted by Crippen LogP contribution is 2.00. The van der Waals surface area contributed by atoms with Gasteiger partial charge in [0.05, 0.1) is 0 Å². The molecule has 0 amide bonds. The number of rotatable bonds is 5. The van der Waals surface area contributed by atoms with E-state index in [2.05, 4.69) is 53.8 Å². The summed E-state index contributed by atoms with van der Waals surface area (Å²) < 4.78 is 0. The Morgan fingerprint density at radius 3 is 1.17 bits per heavy atom. The van der Waals surface area contributed by atoms with Crippen LogP contribution in [0.25, 0.3) is 0 Å². The van der Waals surface area contributed by atoms with Crippen molar-refractivity contribution in [3.8, 4) is 0 Å². The third-order valence-corrected chi connectivity index (χ3v) is 3.42. The summed E-state index contributed by atoms with van der Waals surface area (Å²) in [5, 5.41) is 3.42. The van der Waals surface area contributed by atoms with Gasteiger partial charge < -0.3 is 11.1 Å². The summed E-state index contributed by atoms with van der Waals surface area (Å²) >= 11 is 0. The van der Waals surface area contributed by atoms with Gasteiger partial charge in [-0.15, -0.1) is 0 Å². The van der Waals surface area contributed by atoms with Gasteiger partial charge in [-0.2, -0.15) is 0 Å². The van der Waals surface area contributed by atoms with Gasteiger partial charge in [0.2, 0.25) is 0 Å². The lowest BCUT2D eigenvalue weighted by molar-refractivity contribution is 0.693. The van der Waals surface area contributed by atoms with Crippen LogP contribution in [0.2, 0.25) is 0 Å². The first-order chi connectivity index (χ1) is 11.4. The zero-order valence-electron chi connectivity index (χ0n) is 13.4. The van der Waals surface area contributed by atoms with Crippen LogP contribution >= 0.6 is 0 Å². The van der Waals surface area contributed by atoms with Gasteiger partial charge in [0.15, 0.2) is 0 Å². The van der Waals surface area contributed by atoms with Crippen LogP contribution in [0, 0.1) is 0 Å². The number of hydrogen-bond donors (Lipinski definition) is 2. The maximum absolute atomic E-state index is 5.35. The molecule has 0 saturated carbocycles. The highest BCUT2D eigenvalue weighted by Gasteiger charge is 1.92. The minimum atomic E-state index is 0.640. The molecule has 3 aromatic carbocycles. The first-order valence-corrected chi connectivity index (χ1v) is 7.91. The van der Waals surface area contributed by atoms with E-state index in [9.17, 15) is 0 Å². The molecule has 0 heterocycles. The van der Waals surface area contributed by atoms with E-state index in [1.807, 2.05) is 42.5 Å². The van der Waals surface area contributed by atoms with E-state index < -0.39 is 0 Å². The molecule has 23 heavy (non-hydrogen) atoms. The van der Waals surface area contributed by atoms with Gasteiger partial charge in [-0.25, -0.2) is 0 Å². The first-order valence-electron chi connectivity index (χ1n) is 7.91. The molecular formula is C21H24N2. The maximum Gasteiger partial charge on any atom is 0.0208 e. The lowest BCUT2D eigenvalue weighted by Gasteiger charge is -2.04. The molecule has 0 unspecified atom stereocenters. The predicted octanol–water partition coefficient (Wildman–Crippen LogP) is 4.12. The fraction of sp³-hybridized carbons (Fsp3) is 0.143. The number of hydrogen-bond acceptors (Lipinski definition) is 2. The monoisotopic (exact) mass is 304 g/mol. The van der Waals surface area contributed by atoms with Gasteiger partial charge in [0.25, 0.3) is 0 Å². The van der Waals surface area contributed by atoms with E-state index in [-0.39, 0.29) is 0 Å². The van der Waals surface area contributed by atoms with Gasteiger partial charge in [-0.3, -0.25) is 0 Å². The van der Waals surface area contributed by atoms with Crippen molar-refractivity contribution in [2.75, 3.05) is 0 Å². The van der Waals surface area contributed by atoms with Crippen molar-refractivity contribution < 1.29 is 0 Å². The van der Waals surface area contributed by atoms with Crippen molar-refractivity contribution >= 4 is 0 Å². The van der Waals surface area contributed by atoms with Crippen molar-refractivity contribution in [1.29, 1.82) is 0 Å². The Morgan fingerprint density at radius 2 is 0.870 bits per heavy atom. The lowest BCUT2D eigenvalue weighted by atomic mass is 10.2. The fourth-order valence-corrected chi connectivity index (χ4v) is 2.16. The quantitative estimate of drug-likeness (QED) is 0.744. The minimum absolute atomic E-state index is 0.640. The van der Waals surface area contributed by atoms with E-state index in [4.69, 9.17) is 5.73 Å². The zero-order valence-corrected chi connectivity index (χ0v) is 13.4. The molecular weight excluding hydrogens is 280 g/mol. The Kier molecular flexibility index (Phi) is 7.61. The van der Waals surface area contributed by atoms with Crippen molar-refractivity contribution in [1.82, 2.24) is 5.32 Å². The Balaban J connectivity index is 0.000000203. The van der Waals surface area contributed by atoms with E-state index in [1.165, 1.54) is 16.7 Å². The molecule has 0 fully saturated rings. The van der Waals surface area contributed by atoms with E-state index >= 15 is 0 Å². The maximum atomic E-state index is 5.35. The Hall–Kier alpha value is -2.42. The number of benzene rings is 3. The first kappa shape index (κ1) is 16.9. The van der Waals surface area contributed by atoms with Gasteiger partial charge in [-0.05, 0) is 16.7 Å². The molecule has 3 N–H and O–H groups in total. The average Bonchev–Trinajstić information content (AvgIpc) is 2.65. The topological polar surface area (TPSA) is 38.0 Å².